The minimum absolute atomic E-state index is 0.0324. The van der Waals surface area contributed by atoms with Gasteiger partial charge in [0.2, 0.25) is 0 Å². The van der Waals surface area contributed by atoms with Crippen molar-refractivity contribution in [2.45, 2.75) is 33.2 Å². The van der Waals surface area contributed by atoms with Crippen LogP contribution in [0.2, 0.25) is 5.15 Å². The Morgan fingerprint density at radius 1 is 1.16 bits per heavy atom. The lowest BCUT2D eigenvalue weighted by Crippen LogP contribution is -2.24. The van der Waals surface area contributed by atoms with Crippen LogP contribution >= 0.6 is 11.6 Å². The number of anilines is 1. The van der Waals surface area contributed by atoms with Crippen molar-refractivity contribution in [2.75, 3.05) is 32.6 Å². The van der Waals surface area contributed by atoms with Gasteiger partial charge in [0.1, 0.15) is 34.7 Å². The molecule has 2 aromatic heterocycles. The fourth-order valence-corrected chi connectivity index (χ4v) is 3.26. The van der Waals surface area contributed by atoms with Gasteiger partial charge in [0.15, 0.2) is 0 Å². The molecule has 2 heterocycles. The Labute approximate surface area is 185 Å². The van der Waals surface area contributed by atoms with Crippen molar-refractivity contribution in [1.82, 2.24) is 24.5 Å². The van der Waals surface area contributed by atoms with Crippen LogP contribution in [0.15, 0.2) is 18.5 Å². The van der Waals surface area contributed by atoms with Gasteiger partial charge in [-0.05, 0) is 33.4 Å². The number of nitrogens with one attached hydrogen (secondary N) is 1. The summed E-state index contributed by atoms with van der Waals surface area (Å²) in [5.41, 5.74) is -0.213. The standard InChI is InChI=1S/C21H27ClF2N6O/c1-12(2)13(3)27-20-18(19(22)28-21-25-11-26-30(20)21)17-15(23)9-14(10-16(17)24)31-8-6-7-29(4)5/h9-13,27H,6-8H2,1-5H3/t13-/m1/s1. The van der Waals surface area contributed by atoms with Gasteiger partial charge in [-0.3, -0.25) is 0 Å². The van der Waals surface area contributed by atoms with Crippen LogP contribution in [0.25, 0.3) is 16.9 Å². The van der Waals surface area contributed by atoms with E-state index in [4.69, 9.17) is 16.3 Å². The number of hydrogen-bond acceptors (Lipinski definition) is 6. The van der Waals surface area contributed by atoms with Crippen molar-refractivity contribution in [3.8, 4) is 16.9 Å². The number of halogens is 3. The highest BCUT2D eigenvalue weighted by atomic mass is 35.5. The largest absolute Gasteiger partial charge is 0.493 e. The molecule has 1 N–H and O–H groups in total. The molecule has 0 unspecified atom stereocenters. The molecule has 0 saturated carbocycles. The Bertz CT molecular complexity index is 1030. The molecule has 0 saturated heterocycles. The molecule has 1 atom stereocenters. The SMILES string of the molecule is CC(C)[C@@H](C)Nc1c(-c2c(F)cc(OCCCN(C)C)cc2F)c(Cl)nc2ncnn12. The Hall–Kier alpha value is -2.52. The summed E-state index contributed by atoms with van der Waals surface area (Å²) in [6, 6.07) is 2.28. The lowest BCUT2D eigenvalue weighted by atomic mass is 10.0. The fourth-order valence-electron chi connectivity index (χ4n) is 3.00. The van der Waals surface area contributed by atoms with Crippen LogP contribution in [0, 0.1) is 17.6 Å². The molecule has 0 spiro atoms. The first-order chi connectivity index (χ1) is 14.7. The average molecular weight is 453 g/mol. The van der Waals surface area contributed by atoms with Gasteiger partial charge in [-0.15, -0.1) is 0 Å². The van der Waals surface area contributed by atoms with Gasteiger partial charge in [-0.25, -0.2) is 8.78 Å². The maximum atomic E-state index is 15.1. The van der Waals surface area contributed by atoms with Gasteiger partial charge in [0.25, 0.3) is 5.78 Å². The first kappa shape index (κ1) is 23.1. The van der Waals surface area contributed by atoms with Gasteiger partial charge in [-0.2, -0.15) is 19.6 Å². The minimum atomic E-state index is -0.800. The molecule has 0 aliphatic rings. The van der Waals surface area contributed by atoms with Crippen LogP contribution in [-0.4, -0.2) is 57.8 Å². The average Bonchev–Trinajstić information content (AvgIpc) is 3.14. The smallest absolute Gasteiger partial charge is 0.255 e. The Morgan fingerprint density at radius 2 is 1.84 bits per heavy atom. The topological polar surface area (TPSA) is 67.6 Å². The fraction of sp³-hybridized carbons (Fsp3) is 0.476. The molecule has 31 heavy (non-hydrogen) atoms. The zero-order valence-electron chi connectivity index (χ0n) is 18.3. The number of ether oxygens (including phenoxy) is 1. The summed E-state index contributed by atoms with van der Waals surface area (Å²) in [6.45, 7) is 7.18. The summed E-state index contributed by atoms with van der Waals surface area (Å²) in [4.78, 5) is 10.2. The molecule has 3 rings (SSSR count). The number of fused-ring (bicyclic) bond motifs is 1. The second-order valence-electron chi connectivity index (χ2n) is 8.04. The Balaban J connectivity index is 2.03. The predicted molar refractivity (Wildman–Crippen MR) is 118 cm³/mol. The summed E-state index contributed by atoms with van der Waals surface area (Å²) in [5, 5.41) is 7.34. The van der Waals surface area contributed by atoms with Crippen molar-refractivity contribution in [3.63, 3.8) is 0 Å². The van der Waals surface area contributed by atoms with E-state index < -0.39 is 11.6 Å². The van der Waals surface area contributed by atoms with Crippen molar-refractivity contribution in [2.24, 2.45) is 5.92 Å². The van der Waals surface area contributed by atoms with Crippen LogP contribution in [0.3, 0.4) is 0 Å². The highest BCUT2D eigenvalue weighted by Crippen LogP contribution is 2.39. The molecule has 0 aliphatic heterocycles. The van der Waals surface area contributed by atoms with E-state index in [9.17, 15) is 0 Å². The van der Waals surface area contributed by atoms with E-state index in [0.717, 1.165) is 25.1 Å². The third kappa shape index (κ3) is 5.22. The van der Waals surface area contributed by atoms with E-state index in [-0.39, 0.29) is 39.8 Å². The summed E-state index contributed by atoms with van der Waals surface area (Å²) >= 11 is 6.38. The first-order valence-corrected chi connectivity index (χ1v) is 10.5. The maximum Gasteiger partial charge on any atom is 0.255 e. The zero-order chi connectivity index (χ0) is 22.7. The Kier molecular flexibility index (Phi) is 7.27. The van der Waals surface area contributed by atoms with Gasteiger partial charge in [-0.1, -0.05) is 25.4 Å². The summed E-state index contributed by atoms with van der Waals surface area (Å²) in [5.74, 6) is -0.684. The van der Waals surface area contributed by atoms with Crippen molar-refractivity contribution >= 4 is 23.2 Å². The minimum Gasteiger partial charge on any atom is -0.493 e. The molecule has 1 aromatic carbocycles. The molecule has 0 radical (unpaired) electrons. The highest BCUT2D eigenvalue weighted by Gasteiger charge is 2.25. The molecule has 0 aliphatic carbocycles. The van der Waals surface area contributed by atoms with Crippen molar-refractivity contribution < 1.29 is 13.5 Å². The molecular formula is C21H27ClF2N6O. The number of nitrogens with zero attached hydrogens (tertiary/aromatic N) is 5. The molecule has 10 heteroatoms. The van der Waals surface area contributed by atoms with Gasteiger partial charge in [0, 0.05) is 24.7 Å². The third-order valence-electron chi connectivity index (χ3n) is 5.03. The van der Waals surface area contributed by atoms with E-state index in [1.807, 2.05) is 39.8 Å². The van der Waals surface area contributed by atoms with E-state index in [1.165, 1.54) is 10.8 Å². The molecule has 0 amide bonds. The maximum absolute atomic E-state index is 15.1. The Morgan fingerprint density at radius 3 is 2.45 bits per heavy atom. The normalized spacial score (nSPS) is 12.7. The second kappa shape index (κ2) is 9.74. The van der Waals surface area contributed by atoms with E-state index in [0.29, 0.717) is 12.4 Å². The van der Waals surface area contributed by atoms with Gasteiger partial charge < -0.3 is 15.0 Å². The molecule has 168 valence electrons. The molecule has 3 aromatic rings. The third-order valence-corrected chi connectivity index (χ3v) is 5.30. The van der Waals surface area contributed by atoms with E-state index in [1.54, 1.807) is 0 Å². The van der Waals surface area contributed by atoms with Crippen LogP contribution in [0.4, 0.5) is 14.6 Å². The molecule has 0 bridgehead atoms. The lowest BCUT2D eigenvalue weighted by Gasteiger charge is -2.22. The summed E-state index contributed by atoms with van der Waals surface area (Å²) in [7, 11) is 3.90. The van der Waals surface area contributed by atoms with Crippen LogP contribution in [0.1, 0.15) is 27.2 Å². The predicted octanol–water partition coefficient (Wildman–Crippen LogP) is 4.51. The zero-order valence-corrected chi connectivity index (χ0v) is 19.0. The highest BCUT2D eigenvalue weighted by molar-refractivity contribution is 6.33. The van der Waals surface area contributed by atoms with Crippen molar-refractivity contribution in [1.29, 1.82) is 0 Å². The molecule has 0 fully saturated rings. The number of benzene rings is 1. The van der Waals surface area contributed by atoms with Crippen LogP contribution in [-0.2, 0) is 0 Å². The first-order valence-electron chi connectivity index (χ1n) is 10.1. The lowest BCUT2D eigenvalue weighted by molar-refractivity contribution is 0.279. The summed E-state index contributed by atoms with van der Waals surface area (Å²) in [6.07, 6.45) is 2.04. The summed E-state index contributed by atoms with van der Waals surface area (Å²) < 4.78 is 37.2. The van der Waals surface area contributed by atoms with Gasteiger partial charge >= 0.3 is 0 Å². The monoisotopic (exact) mass is 452 g/mol. The number of rotatable bonds is 9. The van der Waals surface area contributed by atoms with Gasteiger partial charge in [0.05, 0.1) is 17.7 Å². The number of aromatic nitrogens is 4. The molecule has 7 nitrogen and oxygen atoms in total. The van der Waals surface area contributed by atoms with E-state index >= 15 is 8.78 Å². The van der Waals surface area contributed by atoms with Crippen molar-refractivity contribution in [3.05, 3.63) is 35.2 Å². The van der Waals surface area contributed by atoms with Crippen LogP contribution < -0.4 is 10.1 Å². The second-order valence-corrected chi connectivity index (χ2v) is 8.40. The molecular weight excluding hydrogens is 426 g/mol. The van der Waals surface area contributed by atoms with Crippen LogP contribution in [0.5, 0.6) is 5.75 Å². The quantitative estimate of drug-likeness (QED) is 0.380. The number of hydrogen-bond donors (Lipinski definition) is 1. The van der Waals surface area contributed by atoms with E-state index in [2.05, 4.69) is 20.4 Å².